The number of hydrogen-bond acceptors (Lipinski definition) is 3. The molecule has 3 aromatic rings. The van der Waals surface area contributed by atoms with Gasteiger partial charge in [0.05, 0.1) is 5.69 Å². The van der Waals surface area contributed by atoms with Crippen LogP contribution in [-0.4, -0.2) is 29.4 Å². The lowest BCUT2D eigenvalue weighted by molar-refractivity contribution is -0.118. The summed E-state index contributed by atoms with van der Waals surface area (Å²) in [5.74, 6) is -0.596. The van der Waals surface area contributed by atoms with E-state index in [0.717, 1.165) is 16.8 Å². The van der Waals surface area contributed by atoms with Gasteiger partial charge in [0, 0.05) is 28.6 Å². The maximum absolute atomic E-state index is 12.5. The highest BCUT2D eigenvalue weighted by atomic mass is 19.4. The van der Waals surface area contributed by atoms with Crippen molar-refractivity contribution in [2.75, 3.05) is 11.9 Å². The molecule has 8 heteroatoms. The number of nitrogens with one attached hydrogen (secondary N) is 1. The summed E-state index contributed by atoms with van der Waals surface area (Å²) in [6.45, 7) is 0.603. The van der Waals surface area contributed by atoms with Gasteiger partial charge in [-0.3, -0.25) is 14.8 Å². The SMILES string of the molecule is Cc1ccc(NC(=O)c2ccc(C(N)=NCC(F)(F)F)cc2)cc1-c1ccccn1. The number of halogens is 3. The third kappa shape index (κ3) is 5.44. The number of carbonyl (C=O) groups is 1. The Morgan fingerprint density at radius 1 is 1.07 bits per heavy atom. The number of amides is 1. The lowest BCUT2D eigenvalue weighted by Crippen LogP contribution is -2.19. The maximum Gasteiger partial charge on any atom is 0.408 e. The van der Waals surface area contributed by atoms with Gasteiger partial charge in [-0.1, -0.05) is 24.3 Å². The minimum Gasteiger partial charge on any atom is -0.384 e. The van der Waals surface area contributed by atoms with Gasteiger partial charge >= 0.3 is 6.18 Å². The smallest absolute Gasteiger partial charge is 0.384 e. The largest absolute Gasteiger partial charge is 0.408 e. The Hall–Kier alpha value is -3.68. The van der Waals surface area contributed by atoms with Crippen LogP contribution in [0.2, 0.25) is 0 Å². The second kappa shape index (κ2) is 8.77. The predicted molar refractivity (Wildman–Crippen MR) is 110 cm³/mol. The number of benzene rings is 2. The minimum absolute atomic E-state index is 0.238. The maximum atomic E-state index is 12.5. The van der Waals surface area contributed by atoms with Crippen molar-refractivity contribution in [2.45, 2.75) is 13.1 Å². The van der Waals surface area contributed by atoms with Gasteiger partial charge in [0.25, 0.3) is 5.91 Å². The molecule has 0 fully saturated rings. The fourth-order valence-electron chi connectivity index (χ4n) is 2.76. The molecule has 0 aliphatic heterocycles. The van der Waals surface area contributed by atoms with Crippen LogP contribution in [0.15, 0.2) is 71.9 Å². The number of alkyl halides is 3. The highest BCUT2D eigenvalue weighted by Gasteiger charge is 2.26. The second-order valence-corrected chi connectivity index (χ2v) is 6.59. The number of aliphatic imine (C=N–C) groups is 1. The van der Waals surface area contributed by atoms with E-state index in [0.29, 0.717) is 16.8 Å². The Kier molecular flexibility index (Phi) is 6.15. The van der Waals surface area contributed by atoms with Crippen molar-refractivity contribution < 1.29 is 18.0 Å². The molecule has 1 amide bonds. The number of carbonyl (C=O) groups excluding carboxylic acids is 1. The fourth-order valence-corrected chi connectivity index (χ4v) is 2.76. The molecule has 1 aromatic heterocycles. The molecule has 3 N–H and O–H groups in total. The molecule has 1 heterocycles. The number of hydrogen-bond donors (Lipinski definition) is 2. The first kappa shape index (κ1) is 21.0. The van der Waals surface area contributed by atoms with Gasteiger partial charge < -0.3 is 11.1 Å². The Labute approximate surface area is 171 Å². The van der Waals surface area contributed by atoms with E-state index in [9.17, 15) is 18.0 Å². The standard InChI is InChI=1S/C22H19F3N4O/c1-14-5-10-17(12-18(14)19-4-2-3-11-27-19)29-21(30)16-8-6-15(7-9-16)20(26)28-13-22(23,24)25/h2-12H,13H2,1H3,(H2,26,28)(H,29,30). The number of nitrogens with two attached hydrogens (primary N) is 1. The van der Waals surface area contributed by atoms with Crippen molar-refractivity contribution in [1.29, 1.82) is 0 Å². The topological polar surface area (TPSA) is 80.4 Å². The lowest BCUT2D eigenvalue weighted by Gasteiger charge is -2.10. The van der Waals surface area contributed by atoms with Gasteiger partial charge in [0.15, 0.2) is 0 Å². The average Bonchev–Trinajstić information content (AvgIpc) is 2.73. The number of aryl methyl sites for hydroxylation is 1. The Morgan fingerprint density at radius 2 is 1.77 bits per heavy atom. The molecular weight excluding hydrogens is 393 g/mol. The van der Waals surface area contributed by atoms with Crippen LogP contribution in [0.3, 0.4) is 0 Å². The molecule has 3 rings (SSSR count). The molecule has 0 aliphatic carbocycles. The summed E-state index contributed by atoms with van der Waals surface area (Å²) in [5.41, 5.74) is 9.54. The molecule has 5 nitrogen and oxygen atoms in total. The van der Waals surface area contributed by atoms with E-state index >= 15 is 0 Å². The third-order valence-corrected chi connectivity index (χ3v) is 4.31. The molecule has 0 radical (unpaired) electrons. The second-order valence-electron chi connectivity index (χ2n) is 6.59. The monoisotopic (exact) mass is 412 g/mol. The van der Waals surface area contributed by atoms with Crippen LogP contribution in [0.4, 0.5) is 18.9 Å². The number of aromatic nitrogens is 1. The van der Waals surface area contributed by atoms with Gasteiger partial charge in [-0.25, -0.2) is 0 Å². The van der Waals surface area contributed by atoms with E-state index in [1.165, 1.54) is 24.3 Å². The molecule has 30 heavy (non-hydrogen) atoms. The van der Waals surface area contributed by atoms with Crippen LogP contribution < -0.4 is 11.1 Å². The quantitative estimate of drug-likeness (QED) is 0.476. The summed E-state index contributed by atoms with van der Waals surface area (Å²) in [5, 5.41) is 2.81. The molecule has 0 aliphatic rings. The zero-order valence-electron chi connectivity index (χ0n) is 16.1. The van der Waals surface area contributed by atoms with E-state index in [1.807, 2.05) is 37.3 Å². The Balaban J connectivity index is 1.74. The normalized spacial score (nSPS) is 11.9. The molecule has 0 atom stereocenters. The zero-order valence-corrected chi connectivity index (χ0v) is 16.1. The highest BCUT2D eigenvalue weighted by molar-refractivity contribution is 6.05. The molecule has 0 saturated carbocycles. The van der Waals surface area contributed by atoms with Crippen LogP contribution in [0, 0.1) is 6.92 Å². The average molecular weight is 412 g/mol. The highest BCUT2D eigenvalue weighted by Crippen LogP contribution is 2.25. The van der Waals surface area contributed by atoms with Crippen molar-refractivity contribution in [3.8, 4) is 11.3 Å². The van der Waals surface area contributed by atoms with E-state index in [4.69, 9.17) is 5.73 Å². The fraction of sp³-hybridized carbons (Fsp3) is 0.136. The zero-order chi connectivity index (χ0) is 21.7. The first-order chi connectivity index (χ1) is 14.2. The van der Waals surface area contributed by atoms with E-state index < -0.39 is 12.7 Å². The molecule has 154 valence electrons. The van der Waals surface area contributed by atoms with E-state index in [1.54, 1.807) is 12.3 Å². The molecule has 2 aromatic carbocycles. The summed E-state index contributed by atoms with van der Waals surface area (Å²) in [4.78, 5) is 20.2. The number of anilines is 1. The first-order valence-electron chi connectivity index (χ1n) is 9.03. The Morgan fingerprint density at radius 3 is 2.40 bits per heavy atom. The summed E-state index contributed by atoms with van der Waals surface area (Å²) >= 11 is 0. The van der Waals surface area contributed by atoms with Crippen LogP contribution >= 0.6 is 0 Å². The summed E-state index contributed by atoms with van der Waals surface area (Å²) in [6.07, 6.45) is -2.72. The number of amidine groups is 1. The van der Waals surface area contributed by atoms with Crippen molar-refractivity contribution in [3.63, 3.8) is 0 Å². The lowest BCUT2D eigenvalue weighted by atomic mass is 10.0. The van der Waals surface area contributed by atoms with Gasteiger partial charge in [-0.2, -0.15) is 13.2 Å². The van der Waals surface area contributed by atoms with Crippen LogP contribution in [0.1, 0.15) is 21.5 Å². The van der Waals surface area contributed by atoms with E-state index in [-0.39, 0.29) is 11.7 Å². The molecule has 0 saturated heterocycles. The van der Waals surface area contributed by atoms with Crippen LogP contribution in [0.5, 0.6) is 0 Å². The number of rotatable bonds is 5. The molecule has 0 spiro atoms. The van der Waals surface area contributed by atoms with Crippen LogP contribution in [0.25, 0.3) is 11.3 Å². The molecule has 0 unspecified atom stereocenters. The van der Waals surface area contributed by atoms with Gasteiger partial charge in [-0.15, -0.1) is 0 Å². The van der Waals surface area contributed by atoms with Crippen LogP contribution in [-0.2, 0) is 0 Å². The number of nitrogens with zero attached hydrogens (tertiary/aromatic N) is 2. The van der Waals surface area contributed by atoms with Gasteiger partial charge in [0.2, 0.25) is 0 Å². The number of pyridine rings is 1. The van der Waals surface area contributed by atoms with Crippen molar-refractivity contribution >= 4 is 17.4 Å². The Bertz CT molecular complexity index is 1060. The van der Waals surface area contributed by atoms with Gasteiger partial charge in [-0.05, 0) is 48.9 Å². The predicted octanol–water partition coefficient (Wildman–Crippen LogP) is 4.58. The minimum atomic E-state index is -4.42. The van der Waals surface area contributed by atoms with Gasteiger partial charge in [0.1, 0.15) is 12.4 Å². The van der Waals surface area contributed by atoms with E-state index in [2.05, 4.69) is 15.3 Å². The summed E-state index contributed by atoms with van der Waals surface area (Å²) in [7, 11) is 0. The van der Waals surface area contributed by atoms with Crippen molar-refractivity contribution in [3.05, 3.63) is 83.6 Å². The summed E-state index contributed by atoms with van der Waals surface area (Å²) in [6, 6.07) is 17.0. The molecule has 0 bridgehead atoms. The third-order valence-electron chi connectivity index (χ3n) is 4.31. The summed E-state index contributed by atoms with van der Waals surface area (Å²) < 4.78 is 36.8. The van der Waals surface area contributed by atoms with Crippen molar-refractivity contribution in [2.24, 2.45) is 10.7 Å². The molecular formula is C22H19F3N4O. The first-order valence-corrected chi connectivity index (χ1v) is 9.03. The van der Waals surface area contributed by atoms with Crippen molar-refractivity contribution in [1.82, 2.24) is 4.98 Å².